The van der Waals surface area contributed by atoms with Crippen LogP contribution in [-0.2, 0) is 19.4 Å². The van der Waals surface area contributed by atoms with Crippen LogP contribution in [0.1, 0.15) is 19.3 Å². The first kappa shape index (κ1) is 19.6. The fourth-order valence-corrected chi connectivity index (χ4v) is 5.09. The van der Waals surface area contributed by atoms with Crippen LogP contribution in [0.4, 0.5) is 5.69 Å². The molecule has 1 aromatic rings. The van der Waals surface area contributed by atoms with Gasteiger partial charge in [0.25, 0.3) is 0 Å². The maximum Gasteiger partial charge on any atom is 0.241 e. The number of amides is 2. The van der Waals surface area contributed by atoms with E-state index in [9.17, 15) is 18.0 Å². The second-order valence-corrected chi connectivity index (χ2v) is 9.42. The number of piperidine rings is 1. The van der Waals surface area contributed by atoms with E-state index >= 15 is 0 Å². The van der Waals surface area contributed by atoms with Crippen LogP contribution in [0.25, 0.3) is 0 Å². The van der Waals surface area contributed by atoms with Crippen molar-refractivity contribution < 1.29 is 22.7 Å². The highest BCUT2D eigenvalue weighted by atomic mass is 32.2. The minimum Gasteiger partial charge on any atom is -0.497 e. The third-order valence-electron chi connectivity index (χ3n) is 5.36. The van der Waals surface area contributed by atoms with Gasteiger partial charge in [0, 0.05) is 31.0 Å². The van der Waals surface area contributed by atoms with Gasteiger partial charge in [0.15, 0.2) is 14.6 Å². The number of carbonyl (C=O) groups is 2. The van der Waals surface area contributed by atoms with Gasteiger partial charge in [-0.05, 0) is 38.1 Å². The monoisotopic (exact) mass is 395 g/mol. The van der Waals surface area contributed by atoms with Gasteiger partial charge in [-0.25, -0.2) is 8.42 Å². The molecule has 2 aliphatic heterocycles. The lowest BCUT2D eigenvalue weighted by atomic mass is 9.95. The van der Waals surface area contributed by atoms with Crippen LogP contribution < -0.4 is 20.3 Å². The number of anilines is 1. The predicted octanol–water partition coefficient (Wildman–Crippen LogP) is 0.0835. The Balaban J connectivity index is 1.74. The molecule has 1 atom stereocenters. The van der Waals surface area contributed by atoms with Crippen molar-refractivity contribution in [1.82, 2.24) is 10.6 Å². The molecule has 0 aliphatic carbocycles. The molecule has 3 rings (SSSR count). The van der Waals surface area contributed by atoms with Gasteiger partial charge < -0.3 is 20.3 Å². The molecule has 2 N–H and O–H groups in total. The number of hydrogen-bond acceptors (Lipinski definition) is 6. The van der Waals surface area contributed by atoms with E-state index in [0.29, 0.717) is 31.1 Å². The molecule has 2 heterocycles. The SMILES string of the molecule is COc1cccc(N2CC(NC(=O)C3(S(C)(=O)=O)CCNCC3)CC2=O)c1. The van der Waals surface area contributed by atoms with Crippen LogP contribution in [0.2, 0.25) is 0 Å². The van der Waals surface area contributed by atoms with E-state index in [1.165, 1.54) is 0 Å². The van der Waals surface area contributed by atoms with Crippen molar-refractivity contribution in [2.24, 2.45) is 0 Å². The van der Waals surface area contributed by atoms with Crippen molar-refractivity contribution >= 4 is 27.3 Å². The van der Waals surface area contributed by atoms with Gasteiger partial charge in [-0.15, -0.1) is 0 Å². The topological polar surface area (TPSA) is 105 Å². The summed E-state index contributed by atoms with van der Waals surface area (Å²) in [5.74, 6) is 0.0163. The number of carbonyl (C=O) groups excluding carboxylic acids is 2. The third kappa shape index (κ3) is 3.79. The summed E-state index contributed by atoms with van der Waals surface area (Å²) in [5, 5.41) is 5.90. The van der Waals surface area contributed by atoms with Gasteiger partial charge in [0.2, 0.25) is 11.8 Å². The molecule has 2 amide bonds. The van der Waals surface area contributed by atoms with Crippen molar-refractivity contribution in [2.45, 2.75) is 30.1 Å². The molecule has 148 valence electrons. The van der Waals surface area contributed by atoms with Gasteiger partial charge in [-0.1, -0.05) is 6.07 Å². The number of sulfone groups is 1. The van der Waals surface area contributed by atoms with Crippen molar-refractivity contribution in [1.29, 1.82) is 0 Å². The number of benzene rings is 1. The summed E-state index contributed by atoms with van der Waals surface area (Å²) in [5.41, 5.74) is 0.691. The van der Waals surface area contributed by atoms with Crippen LogP contribution >= 0.6 is 0 Å². The average Bonchev–Trinajstić information content (AvgIpc) is 3.01. The lowest BCUT2D eigenvalue weighted by Crippen LogP contribution is -2.59. The lowest BCUT2D eigenvalue weighted by molar-refractivity contribution is -0.125. The molecule has 1 unspecified atom stereocenters. The molecule has 0 spiro atoms. The number of rotatable bonds is 5. The highest BCUT2D eigenvalue weighted by Gasteiger charge is 2.49. The van der Waals surface area contributed by atoms with E-state index in [1.54, 1.807) is 36.3 Å². The van der Waals surface area contributed by atoms with E-state index in [2.05, 4.69) is 10.6 Å². The smallest absolute Gasteiger partial charge is 0.241 e. The molecule has 2 fully saturated rings. The molecule has 0 radical (unpaired) electrons. The average molecular weight is 395 g/mol. The molecule has 1 aromatic carbocycles. The second kappa shape index (κ2) is 7.47. The molecular formula is C18H25N3O5S. The summed E-state index contributed by atoms with van der Waals surface area (Å²) >= 11 is 0. The van der Waals surface area contributed by atoms with Crippen molar-refractivity contribution in [3.8, 4) is 5.75 Å². The number of nitrogens with zero attached hydrogens (tertiary/aromatic N) is 1. The molecule has 27 heavy (non-hydrogen) atoms. The van der Waals surface area contributed by atoms with Crippen molar-refractivity contribution in [2.75, 3.05) is 37.9 Å². The van der Waals surface area contributed by atoms with Gasteiger partial charge in [0.05, 0.1) is 13.2 Å². The number of ether oxygens (including phenoxy) is 1. The van der Waals surface area contributed by atoms with Crippen molar-refractivity contribution in [3.05, 3.63) is 24.3 Å². The minimum absolute atomic E-state index is 0.118. The first-order valence-electron chi connectivity index (χ1n) is 8.92. The standard InChI is InChI=1S/C18H25N3O5S/c1-26-15-5-3-4-14(11-15)21-12-13(10-16(21)22)20-17(23)18(27(2,24)25)6-8-19-9-7-18/h3-5,11,13,19H,6-10,12H2,1-2H3,(H,20,23). The maximum atomic E-state index is 12.9. The number of methoxy groups -OCH3 is 1. The quantitative estimate of drug-likeness (QED) is 0.732. The fourth-order valence-electron chi connectivity index (χ4n) is 3.75. The summed E-state index contributed by atoms with van der Waals surface area (Å²) in [4.78, 5) is 26.9. The molecule has 0 saturated carbocycles. The Morgan fingerprint density at radius 2 is 2.04 bits per heavy atom. The van der Waals surface area contributed by atoms with Crippen LogP contribution in [0.3, 0.4) is 0 Å². The van der Waals surface area contributed by atoms with Crippen molar-refractivity contribution in [3.63, 3.8) is 0 Å². The van der Waals surface area contributed by atoms with E-state index in [1.807, 2.05) is 0 Å². The van der Waals surface area contributed by atoms with E-state index in [4.69, 9.17) is 4.74 Å². The highest BCUT2D eigenvalue weighted by Crippen LogP contribution is 2.30. The van der Waals surface area contributed by atoms with Gasteiger partial charge in [-0.2, -0.15) is 0 Å². The molecular weight excluding hydrogens is 370 g/mol. The molecule has 2 aliphatic rings. The Kier molecular flexibility index (Phi) is 5.43. The van der Waals surface area contributed by atoms with E-state index in [0.717, 1.165) is 6.26 Å². The Morgan fingerprint density at radius 3 is 2.67 bits per heavy atom. The zero-order valence-corrected chi connectivity index (χ0v) is 16.3. The summed E-state index contributed by atoms with van der Waals surface area (Å²) in [6.07, 6.45) is 1.72. The highest BCUT2D eigenvalue weighted by molar-refractivity contribution is 7.92. The molecule has 8 nitrogen and oxygen atoms in total. The first-order valence-corrected chi connectivity index (χ1v) is 10.8. The number of nitrogens with one attached hydrogen (secondary N) is 2. The lowest BCUT2D eigenvalue weighted by Gasteiger charge is -2.35. The number of hydrogen-bond donors (Lipinski definition) is 2. The molecule has 9 heteroatoms. The van der Waals surface area contributed by atoms with Crippen LogP contribution in [-0.4, -0.2) is 64.0 Å². The summed E-state index contributed by atoms with van der Waals surface area (Å²) in [6.45, 7) is 1.25. The van der Waals surface area contributed by atoms with Gasteiger partial charge >= 0.3 is 0 Å². The Labute approximate surface area is 159 Å². The van der Waals surface area contributed by atoms with Gasteiger partial charge in [0.1, 0.15) is 5.75 Å². The van der Waals surface area contributed by atoms with Gasteiger partial charge in [-0.3, -0.25) is 9.59 Å². The largest absolute Gasteiger partial charge is 0.497 e. The first-order chi connectivity index (χ1) is 12.8. The Hall–Kier alpha value is -2.13. The van der Waals surface area contributed by atoms with Crippen LogP contribution in [0, 0.1) is 0 Å². The third-order valence-corrected chi connectivity index (χ3v) is 7.37. The minimum atomic E-state index is -3.58. The van der Waals surface area contributed by atoms with E-state index < -0.39 is 26.5 Å². The molecule has 0 aromatic heterocycles. The normalized spacial score (nSPS) is 22.5. The summed E-state index contributed by atoms with van der Waals surface area (Å²) in [7, 11) is -2.03. The van der Waals surface area contributed by atoms with Crippen LogP contribution in [0.5, 0.6) is 5.75 Å². The maximum absolute atomic E-state index is 12.9. The van der Waals surface area contributed by atoms with E-state index in [-0.39, 0.29) is 25.2 Å². The summed E-state index contributed by atoms with van der Waals surface area (Å²) < 4.78 is 28.5. The zero-order valence-electron chi connectivity index (χ0n) is 15.5. The Morgan fingerprint density at radius 1 is 1.33 bits per heavy atom. The molecule has 2 saturated heterocycles. The van der Waals surface area contributed by atoms with Crippen LogP contribution in [0.15, 0.2) is 24.3 Å². The second-order valence-electron chi connectivity index (χ2n) is 7.10. The zero-order chi connectivity index (χ0) is 19.7. The summed E-state index contributed by atoms with van der Waals surface area (Å²) in [6, 6.07) is 6.71. The Bertz CT molecular complexity index is 833. The molecule has 0 bridgehead atoms. The fraction of sp³-hybridized carbons (Fsp3) is 0.556. The predicted molar refractivity (Wildman–Crippen MR) is 102 cm³/mol.